The van der Waals surface area contributed by atoms with Gasteiger partial charge in [-0.1, -0.05) is 29.8 Å². The number of benzene rings is 1. The Morgan fingerprint density at radius 2 is 2.31 bits per heavy atom. The monoisotopic (exact) mass is 219 g/mol. The van der Waals surface area contributed by atoms with Gasteiger partial charge in [-0.15, -0.1) is 0 Å². The molecule has 1 aromatic rings. The van der Waals surface area contributed by atoms with Crippen molar-refractivity contribution in [2.24, 2.45) is 5.92 Å². The van der Waals surface area contributed by atoms with Gasteiger partial charge in [0, 0.05) is 6.04 Å². The van der Waals surface area contributed by atoms with Crippen LogP contribution in [0.1, 0.15) is 30.0 Å². The Morgan fingerprint density at radius 1 is 1.50 bits per heavy atom. The molecule has 0 amide bonds. The minimum absolute atomic E-state index is 0.0360. The minimum atomic E-state index is -0.696. The van der Waals surface area contributed by atoms with E-state index in [1.165, 1.54) is 5.56 Å². The van der Waals surface area contributed by atoms with E-state index >= 15 is 0 Å². The number of hydrogen-bond acceptors (Lipinski definition) is 2. The van der Waals surface area contributed by atoms with Crippen LogP contribution < -0.4 is 5.32 Å². The van der Waals surface area contributed by atoms with Crippen LogP contribution in [0.25, 0.3) is 0 Å². The Bertz CT molecular complexity index is 389. The van der Waals surface area contributed by atoms with Crippen molar-refractivity contribution in [3.63, 3.8) is 0 Å². The van der Waals surface area contributed by atoms with Gasteiger partial charge in [-0.2, -0.15) is 0 Å². The van der Waals surface area contributed by atoms with Crippen LogP contribution >= 0.6 is 0 Å². The number of aryl methyl sites for hydroxylation is 1. The molecular formula is C13H17NO2. The second kappa shape index (κ2) is 4.66. The molecule has 0 saturated carbocycles. The average molecular weight is 219 g/mol. The highest BCUT2D eigenvalue weighted by molar-refractivity contribution is 5.71. The van der Waals surface area contributed by atoms with Crippen LogP contribution in [0.5, 0.6) is 0 Å². The van der Waals surface area contributed by atoms with E-state index in [-0.39, 0.29) is 12.0 Å². The number of carbonyl (C=O) groups is 1. The van der Waals surface area contributed by atoms with Crippen LogP contribution in [-0.2, 0) is 4.79 Å². The minimum Gasteiger partial charge on any atom is -0.481 e. The first kappa shape index (κ1) is 11.1. The Hall–Kier alpha value is -1.35. The third-order valence-electron chi connectivity index (χ3n) is 3.18. The van der Waals surface area contributed by atoms with E-state index < -0.39 is 5.97 Å². The highest BCUT2D eigenvalue weighted by atomic mass is 16.4. The molecule has 1 aliphatic heterocycles. The van der Waals surface area contributed by atoms with Crippen LogP contribution in [0.2, 0.25) is 0 Å². The Labute approximate surface area is 95.5 Å². The second-order valence-electron chi connectivity index (χ2n) is 4.43. The van der Waals surface area contributed by atoms with Gasteiger partial charge in [0.1, 0.15) is 0 Å². The summed E-state index contributed by atoms with van der Waals surface area (Å²) in [5.74, 6) is -0.991. The fraction of sp³-hybridized carbons (Fsp3) is 0.462. The molecule has 0 aliphatic carbocycles. The van der Waals surface area contributed by atoms with Gasteiger partial charge >= 0.3 is 5.97 Å². The van der Waals surface area contributed by atoms with Gasteiger partial charge in [0.15, 0.2) is 0 Å². The Balaban J connectivity index is 2.26. The highest BCUT2D eigenvalue weighted by Gasteiger charge is 2.31. The van der Waals surface area contributed by atoms with Gasteiger partial charge in [-0.25, -0.2) is 0 Å². The van der Waals surface area contributed by atoms with Crippen molar-refractivity contribution in [1.82, 2.24) is 5.32 Å². The lowest BCUT2D eigenvalue weighted by Gasteiger charge is -2.30. The first-order valence-electron chi connectivity index (χ1n) is 5.71. The number of hydrogen-bond donors (Lipinski definition) is 2. The summed E-state index contributed by atoms with van der Waals surface area (Å²) in [5.41, 5.74) is 2.26. The topological polar surface area (TPSA) is 49.3 Å². The summed E-state index contributed by atoms with van der Waals surface area (Å²) in [6, 6.07) is 8.05. The van der Waals surface area contributed by atoms with Crippen LogP contribution in [-0.4, -0.2) is 17.6 Å². The van der Waals surface area contributed by atoms with Crippen molar-refractivity contribution < 1.29 is 9.90 Å². The number of nitrogens with one attached hydrogen (secondary N) is 1. The lowest BCUT2D eigenvalue weighted by molar-refractivity contribution is -0.143. The average Bonchev–Trinajstić information content (AvgIpc) is 2.29. The van der Waals surface area contributed by atoms with Crippen LogP contribution in [0.4, 0.5) is 0 Å². The fourth-order valence-corrected chi connectivity index (χ4v) is 2.37. The molecular weight excluding hydrogens is 202 g/mol. The first-order valence-corrected chi connectivity index (χ1v) is 5.71. The van der Waals surface area contributed by atoms with Crippen molar-refractivity contribution in [2.45, 2.75) is 25.8 Å². The molecule has 1 heterocycles. The number of aliphatic carboxylic acids is 1. The van der Waals surface area contributed by atoms with Gasteiger partial charge in [0.25, 0.3) is 0 Å². The third-order valence-corrected chi connectivity index (χ3v) is 3.18. The number of carboxylic acids is 1. The van der Waals surface area contributed by atoms with Gasteiger partial charge in [-0.3, -0.25) is 4.79 Å². The summed E-state index contributed by atoms with van der Waals surface area (Å²) in [6.45, 7) is 2.94. The van der Waals surface area contributed by atoms with Crippen molar-refractivity contribution >= 4 is 5.97 Å². The van der Waals surface area contributed by atoms with E-state index in [2.05, 4.69) is 11.4 Å². The number of rotatable bonds is 2. The molecule has 86 valence electrons. The largest absolute Gasteiger partial charge is 0.481 e. The second-order valence-corrected chi connectivity index (χ2v) is 4.43. The SMILES string of the molecule is Cc1cccc([C@@H]2NCCC[C@H]2C(=O)O)c1. The highest BCUT2D eigenvalue weighted by Crippen LogP contribution is 2.29. The smallest absolute Gasteiger partial charge is 0.308 e. The zero-order chi connectivity index (χ0) is 11.5. The van der Waals surface area contributed by atoms with Gasteiger partial charge in [0.05, 0.1) is 5.92 Å². The fourth-order valence-electron chi connectivity index (χ4n) is 2.37. The molecule has 1 saturated heterocycles. The van der Waals surface area contributed by atoms with Crippen molar-refractivity contribution in [2.75, 3.05) is 6.54 Å². The van der Waals surface area contributed by atoms with E-state index in [4.69, 9.17) is 0 Å². The summed E-state index contributed by atoms with van der Waals surface area (Å²) in [4.78, 5) is 11.2. The van der Waals surface area contributed by atoms with Crippen LogP contribution in [0.3, 0.4) is 0 Å². The molecule has 0 bridgehead atoms. The van der Waals surface area contributed by atoms with Gasteiger partial charge in [0.2, 0.25) is 0 Å². The molecule has 1 fully saturated rings. The maximum atomic E-state index is 11.2. The standard InChI is InChI=1S/C13H17NO2/c1-9-4-2-5-10(8-9)12-11(13(15)16)6-3-7-14-12/h2,4-5,8,11-12,14H,3,6-7H2,1H3,(H,15,16)/t11-,12+/m1/s1. The Morgan fingerprint density at radius 3 is 3.00 bits per heavy atom. The zero-order valence-electron chi connectivity index (χ0n) is 9.44. The summed E-state index contributed by atoms with van der Waals surface area (Å²) in [6.07, 6.45) is 1.71. The molecule has 2 rings (SSSR count). The zero-order valence-corrected chi connectivity index (χ0v) is 9.44. The third kappa shape index (κ3) is 2.25. The molecule has 2 N–H and O–H groups in total. The van der Waals surface area contributed by atoms with Crippen molar-refractivity contribution in [3.05, 3.63) is 35.4 Å². The predicted octanol–water partition coefficient (Wildman–Crippen LogP) is 2.12. The molecule has 1 aromatic carbocycles. The first-order chi connectivity index (χ1) is 7.68. The molecule has 16 heavy (non-hydrogen) atoms. The predicted molar refractivity (Wildman–Crippen MR) is 62.3 cm³/mol. The van der Waals surface area contributed by atoms with Crippen LogP contribution in [0.15, 0.2) is 24.3 Å². The summed E-state index contributed by atoms with van der Waals surface area (Å²) >= 11 is 0. The molecule has 0 aromatic heterocycles. The van der Waals surface area contributed by atoms with E-state index in [1.54, 1.807) is 0 Å². The number of carboxylic acid groups (broad SMARTS) is 1. The van der Waals surface area contributed by atoms with Gasteiger partial charge < -0.3 is 10.4 Å². The van der Waals surface area contributed by atoms with E-state index in [1.807, 2.05) is 25.1 Å². The maximum Gasteiger partial charge on any atom is 0.308 e. The van der Waals surface area contributed by atoms with Gasteiger partial charge in [-0.05, 0) is 31.9 Å². The Kier molecular flexibility index (Phi) is 3.25. The van der Waals surface area contributed by atoms with E-state index in [9.17, 15) is 9.90 Å². The summed E-state index contributed by atoms with van der Waals surface area (Å²) in [5, 5.41) is 12.5. The molecule has 1 aliphatic rings. The molecule has 3 heteroatoms. The molecule has 0 spiro atoms. The van der Waals surface area contributed by atoms with Crippen molar-refractivity contribution in [1.29, 1.82) is 0 Å². The molecule has 0 unspecified atom stereocenters. The van der Waals surface area contributed by atoms with E-state index in [0.717, 1.165) is 24.9 Å². The lowest BCUT2D eigenvalue weighted by Crippen LogP contribution is -2.38. The quantitative estimate of drug-likeness (QED) is 0.801. The summed E-state index contributed by atoms with van der Waals surface area (Å²) in [7, 11) is 0. The normalized spacial score (nSPS) is 25.3. The number of piperidine rings is 1. The molecule has 0 radical (unpaired) electrons. The van der Waals surface area contributed by atoms with Crippen LogP contribution in [0, 0.1) is 12.8 Å². The van der Waals surface area contributed by atoms with E-state index in [0.29, 0.717) is 0 Å². The lowest BCUT2D eigenvalue weighted by atomic mass is 9.86. The van der Waals surface area contributed by atoms with Crippen molar-refractivity contribution in [3.8, 4) is 0 Å². The molecule has 3 nitrogen and oxygen atoms in total. The maximum absolute atomic E-state index is 11.2. The molecule has 2 atom stereocenters. The summed E-state index contributed by atoms with van der Waals surface area (Å²) < 4.78 is 0.